The monoisotopic (exact) mass is 436 g/mol. The van der Waals surface area contributed by atoms with Crippen LogP contribution in [0.3, 0.4) is 0 Å². The van der Waals surface area contributed by atoms with E-state index in [0.717, 1.165) is 18.4 Å². The second-order valence-electron chi connectivity index (χ2n) is 7.26. The van der Waals surface area contributed by atoms with Gasteiger partial charge < -0.3 is 14.8 Å². The van der Waals surface area contributed by atoms with E-state index < -0.39 is 5.41 Å². The average Bonchev–Trinajstić information content (AvgIpc) is 2.70. The number of hydrogen-bond donors (Lipinski definition) is 1. The molecule has 0 radical (unpaired) electrons. The number of unbranched alkanes of at least 4 members (excludes halogenated alkanes) is 1. The molecule has 1 aromatic heterocycles. The summed E-state index contributed by atoms with van der Waals surface area (Å²) in [6.45, 7) is 5.59. The van der Waals surface area contributed by atoms with Gasteiger partial charge in [-0.3, -0.25) is 4.79 Å². The minimum atomic E-state index is -0.775. The van der Waals surface area contributed by atoms with Crippen molar-refractivity contribution in [3.63, 3.8) is 0 Å². The summed E-state index contributed by atoms with van der Waals surface area (Å²) in [6, 6.07) is 8.90. The summed E-state index contributed by atoms with van der Waals surface area (Å²) in [5.74, 6) is 0.449. The third-order valence-corrected chi connectivity index (χ3v) is 5.83. The van der Waals surface area contributed by atoms with Crippen LogP contribution in [-0.2, 0) is 14.9 Å². The Morgan fingerprint density at radius 2 is 2.00 bits per heavy atom. The molecule has 0 saturated carbocycles. The van der Waals surface area contributed by atoms with Crippen LogP contribution < -0.4 is 10.1 Å². The first-order valence-corrected chi connectivity index (χ1v) is 10.7. The topological polar surface area (TPSA) is 60.5 Å². The van der Waals surface area contributed by atoms with Crippen molar-refractivity contribution in [2.75, 3.05) is 25.1 Å². The Kier molecular flexibility index (Phi) is 7.38. The van der Waals surface area contributed by atoms with Gasteiger partial charge in [-0.1, -0.05) is 42.6 Å². The number of aryl methyl sites for hydroxylation is 1. The Labute approximate surface area is 181 Å². The normalized spacial score (nSPS) is 15.7. The molecule has 1 aliphatic heterocycles. The summed E-state index contributed by atoms with van der Waals surface area (Å²) in [5, 5.41) is 4.08. The van der Waals surface area contributed by atoms with Gasteiger partial charge in [-0.15, -0.1) is 0 Å². The number of nitrogens with one attached hydrogen (secondary N) is 1. The fraction of sp³-hybridized carbons (Fsp3) is 0.455. The van der Waals surface area contributed by atoms with Crippen molar-refractivity contribution in [2.24, 2.45) is 0 Å². The number of pyridine rings is 1. The zero-order chi connectivity index (χ0) is 20.9. The van der Waals surface area contributed by atoms with Crippen LogP contribution in [0.1, 0.15) is 43.9 Å². The van der Waals surface area contributed by atoms with Crippen LogP contribution in [0.2, 0.25) is 10.0 Å². The fourth-order valence-electron chi connectivity index (χ4n) is 3.53. The predicted octanol–water partition coefficient (Wildman–Crippen LogP) is 5.56. The smallest absolute Gasteiger partial charge is 0.235 e. The summed E-state index contributed by atoms with van der Waals surface area (Å²) in [4.78, 5) is 17.9. The molecule has 156 valence electrons. The van der Waals surface area contributed by atoms with Gasteiger partial charge in [0.25, 0.3) is 0 Å². The van der Waals surface area contributed by atoms with Gasteiger partial charge in [0.05, 0.1) is 23.4 Å². The molecule has 0 atom stereocenters. The van der Waals surface area contributed by atoms with E-state index in [1.165, 1.54) is 0 Å². The van der Waals surface area contributed by atoms with Gasteiger partial charge in [-0.2, -0.15) is 0 Å². The summed E-state index contributed by atoms with van der Waals surface area (Å²) < 4.78 is 11.2. The zero-order valence-electron chi connectivity index (χ0n) is 16.8. The highest BCUT2D eigenvalue weighted by molar-refractivity contribution is 6.35. The molecule has 1 aliphatic rings. The van der Waals surface area contributed by atoms with E-state index in [2.05, 4.69) is 17.2 Å². The maximum atomic E-state index is 13.5. The second kappa shape index (κ2) is 9.79. The largest absolute Gasteiger partial charge is 0.478 e. The Morgan fingerprint density at radius 3 is 2.66 bits per heavy atom. The first-order valence-electron chi connectivity index (χ1n) is 9.91. The lowest BCUT2D eigenvalue weighted by molar-refractivity contribution is -0.125. The quantitative estimate of drug-likeness (QED) is 0.576. The van der Waals surface area contributed by atoms with Crippen molar-refractivity contribution in [1.82, 2.24) is 4.98 Å². The molecule has 0 aliphatic carbocycles. The van der Waals surface area contributed by atoms with Crippen LogP contribution in [0.15, 0.2) is 30.3 Å². The van der Waals surface area contributed by atoms with Gasteiger partial charge in [-0.05, 0) is 49.9 Å². The Balaban J connectivity index is 1.84. The molecule has 5 nitrogen and oxygen atoms in total. The number of rotatable bonds is 7. The van der Waals surface area contributed by atoms with Crippen molar-refractivity contribution < 1.29 is 14.3 Å². The molecule has 1 N–H and O–H groups in total. The highest BCUT2D eigenvalue weighted by Crippen LogP contribution is 2.40. The van der Waals surface area contributed by atoms with E-state index in [0.29, 0.717) is 60.0 Å². The first-order chi connectivity index (χ1) is 14.0. The van der Waals surface area contributed by atoms with E-state index in [1.807, 2.05) is 19.1 Å². The highest BCUT2D eigenvalue weighted by atomic mass is 35.5. The number of carbonyl (C=O) groups is 1. The number of carbonyl (C=O) groups excluding carboxylic acids is 1. The average molecular weight is 437 g/mol. The van der Waals surface area contributed by atoms with Gasteiger partial charge in [0.15, 0.2) is 0 Å². The Bertz CT molecular complexity index is 867. The number of amides is 1. The fourth-order valence-corrected chi connectivity index (χ4v) is 4.12. The van der Waals surface area contributed by atoms with Crippen molar-refractivity contribution in [1.29, 1.82) is 0 Å². The van der Waals surface area contributed by atoms with Crippen LogP contribution in [0.5, 0.6) is 5.88 Å². The molecule has 2 heterocycles. The molecule has 1 saturated heterocycles. The zero-order valence-corrected chi connectivity index (χ0v) is 18.3. The summed E-state index contributed by atoms with van der Waals surface area (Å²) in [7, 11) is 0. The third-order valence-electron chi connectivity index (χ3n) is 5.28. The standard InChI is InChI=1S/C22H26Cl2N2O3/c1-3-4-11-29-20-8-7-19(15(2)25-20)26-21(27)22(9-12-28-13-10-22)17-6-5-16(23)14-18(17)24/h5-8,14H,3-4,9-13H2,1-2H3,(H,26,27). The van der Waals surface area contributed by atoms with E-state index >= 15 is 0 Å². The Hall–Kier alpha value is -1.82. The number of anilines is 1. The van der Waals surface area contributed by atoms with Crippen molar-refractivity contribution >= 4 is 34.8 Å². The van der Waals surface area contributed by atoms with Crippen LogP contribution >= 0.6 is 23.2 Å². The maximum Gasteiger partial charge on any atom is 0.235 e. The lowest BCUT2D eigenvalue weighted by Crippen LogP contribution is -2.45. The first kappa shape index (κ1) is 21.9. The van der Waals surface area contributed by atoms with Crippen LogP contribution in [0, 0.1) is 6.92 Å². The van der Waals surface area contributed by atoms with Crippen LogP contribution in [-0.4, -0.2) is 30.7 Å². The molecule has 2 aromatic rings. The van der Waals surface area contributed by atoms with Crippen molar-refractivity contribution in [3.8, 4) is 5.88 Å². The van der Waals surface area contributed by atoms with Gasteiger partial charge in [-0.25, -0.2) is 4.98 Å². The maximum absolute atomic E-state index is 13.5. The van der Waals surface area contributed by atoms with Gasteiger partial charge >= 0.3 is 0 Å². The molecule has 0 bridgehead atoms. The molecule has 29 heavy (non-hydrogen) atoms. The number of halogens is 2. The third kappa shape index (κ3) is 5.03. The molecule has 1 amide bonds. The number of benzene rings is 1. The predicted molar refractivity (Wildman–Crippen MR) is 116 cm³/mol. The SMILES string of the molecule is CCCCOc1ccc(NC(=O)C2(c3ccc(Cl)cc3Cl)CCOCC2)c(C)n1. The van der Waals surface area contributed by atoms with E-state index in [-0.39, 0.29) is 5.91 Å². The molecule has 1 fully saturated rings. The number of ether oxygens (including phenoxy) is 2. The Morgan fingerprint density at radius 1 is 1.24 bits per heavy atom. The molecule has 0 spiro atoms. The summed E-state index contributed by atoms with van der Waals surface area (Å²) >= 11 is 12.5. The molecule has 3 rings (SSSR count). The lowest BCUT2D eigenvalue weighted by Gasteiger charge is -2.37. The number of hydrogen-bond acceptors (Lipinski definition) is 4. The number of nitrogens with zero attached hydrogens (tertiary/aromatic N) is 1. The van der Waals surface area contributed by atoms with Crippen LogP contribution in [0.25, 0.3) is 0 Å². The second-order valence-corrected chi connectivity index (χ2v) is 8.10. The van der Waals surface area contributed by atoms with E-state index in [9.17, 15) is 4.79 Å². The van der Waals surface area contributed by atoms with Crippen LogP contribution in [0.4, 0.5) is 5.69 Å². The minimum absolute atomic E-state index is 0.116. The van der Waals surface area contributed by atoms with E-state index in [1.54, 1.807) is 18.2 Å². The minimum Gasteiger partial charge on any atom is -0.478 e. The molecule has 7 heteroatoms. The van der Waals surface area contributed by atoms with Crippen molar-refractivity contribution in [3.05, 3.63) is 51.6 Å². The highest BCUT2D eigenvalue weighted by Gasteiger charge is 2.43. The molecular formula is C22H26Cl2N2O3. The van der Waals surface area contributed by atoms with Gasteiger partial charge in [0, 0.05) is 29.3 Å². The molecule has 1 aromatic carbocycles. The summed E-state index contributed by atoms with van der Waals surface area (Å²) in [6.07, 6.45) is 3.13. The lowest BCUT2D eigenvalue weighted by atomic mass is 9.73. The van der Waals surface area contributed by atoms with E-state index in [4.69, 9.17) is 32.7 Å². The van der Waals surface area contributed by atoms with Gasteiger partial charge in [0.2, 0.25) is 11.8 Å². The van der Waals surface area contributed by atoms with Gasteiger partial charge in [0.1, 0.15) is 0 Å². The van der Waals surface area contributed by atoms with Crippen molar-refractivity contribution in [2.45, 2.75) is 44.9 Å². The summed E-state index contributed by atoms with van der Waals surface area (Å²) in [5.41, 5.74) is 1.36. The number of aromatic nitrogens is 1. The molecule has 0 unspecified atom stereocenters. The molecular weight excluding hydrogens is 411 g/mol.